The Morgan fingerprint density at radius 2 is 1.77 bits per heavy atom. The van der Waals surface area contributed by atoms with Gasteiger partial charge in [0.15, 0.2) is 0 Å². The van der Waals surface area contributed by atoms with Gasteiger partial charge in [0.1, 0.15) is 0 Å². The van der Waals surface area contributed by atoms with Crippen molar-refractivity contribution in [2.24, 2.45) is 0 Å². The van der Waals surface area contributed by atoms with Gasteiger partial charge in [0, 0.05) is 23.0 Å². The van der Waals surface area contributed by atoms with Crippen LogP contribution in [0.2, 0.25) is 0 Å². The highest BCUT2D eigenvalue weighted by Crippen LogP contribution is 2.29. The molecule has 0 bridgehead atoms. The highest BCUT2D eigenvalue weighted by molar-refractivity contribution is 6.06. The van der Waals surface area contributed by atoms with Crippen LogP contribution in [0.1, 0.15) is 41.4 Å². The van der Waals surface area contributed by atoms with Crippen molar-refractivity contribution < 1.29 is 9.32 Å². The van der Waals surface area contributed by atoms with Crippen molar-refractivity contribution in [3.8, 4) is 22.8 Å². The molecule has 0 saturated heterocycles. The number of carbonyl (C=O) groups excluding carboxylic acids is 1. The summed E-state index contributed by atoms with van der Waals surface area (Å²) in [5.74, 6) is 0.998. The number of para-hydroxylation sites is 1. The number of hydrogen-bond donors (Lipinski definition) is 1. The van der Waals surface area contributed by atoms with Gasteiger partial charge in [-0.2, -0.15) is 4.98 Å². The van der Waals surface area contributed by atoms with Crippen LogP contribution in [0, 0.1) is 6.92 Å². The molecule has 150 valence electrons. The van der Waals surface area contributed by atoms with Crippen molar-refractivity contribution in [2.45, 2.75) is 26.7 Å². The molecule has 0 aliphatic rings. The maximum atomic E-state index is 12.8. The third-order valence-corrected chi connectivity index (χ3v) is 4.84. The number of hydrogen-bond acceptors (Lipinski definition) is 5. The van der Waals surface area contributed by atoms with Gasteiger partial charge in [-0.15, -0.1) is 0 Å². The van der Waals surface area contributed by atoms with Gasteiger partial charge in [-0.25, -0.2) is 0 Å². The first kappa shape index (κ1) is 19.5. The third-order valence-electron chi connectivity index (χ3n) is 4.84. The molecule has 6 heteroatoms. The van der Waals surface area contributed by atoms with Gasteiger partial charge in [0.2, 0.25) is 5.82 Å². The highest BCUT2D eigenvalue weighted by Gasteiger charge is 2.16. The van der Waals surface area contributed by atoms with Gasteiger partial charge < -0.3 is 9.84 Å². The SMILES string of the molecule is Cc1ccc(-c2noc(-c3ccccc3NC(=O)c3ccc(C(C)C)cc3)n2)cn1. The Kier molecular flexibility index (Phi) is 5.39. The van der Waals surface area contributed by atoms with Crippen molar-refractivity contribution >= 4 is 11.6 Å². The maximum absolute atomic E-state index is 12.8. The van der Waals surface area contributed by atoms with Crippen LogP contribution in [-0.4, -0.2) is 21.0 Å². The normalized spacial score (nSPS) is 10.9. The van der Waals surface area contributed by atoms with E-state index in [1.807, 2.05) is 67.6 Å². The van der Waals surface area contributed by atoms with Gasteiger partial charge in [0.25, 0.3) is 11.8 Å². The standard InChI is InChI=1S/C24H22N4O2/c1-15(2)17-10-12-18(13-11-17)23(29)26-21-7-5-4-6-20(21)24-27-22(28-30-24)19-9-8-16(3)25-14-19/h4-15H,1-3H3,(H,26,29). The number of nitrogens with one attached hydrogen (secondary N) is 1. The van der Waals surface area contributed by atoms with E-state index in [-0.39, 0.29) is 5.91 Å². The number of rotatable bonds is 5. The van der Waals surface area contributed by atoms with E-state index in [1.54, 1.807) is 6.20 Å². The van der Waals surface area contributed by atoms with Gasteiger partial charge >= 0.3 is 0 Å². The first-order valence-electron chi connectivity index (χ1n) is 9.78. The lowest BCUT2D eigenvalue weighted by atomic mass is 10.0. The van der Waals surface area contributed by atoms with Crippen LogP contribution < -0.4 is 5.32 Å². The molecule has 2 heterocycles. The summed E-state index contributed by atoms with van der Waals surface area (Å²) in [6.45, 7) is 6.16. The fraction of sp³-hybridized carbons (Fsp3) is 0.167. The van der Waals surface area contributed by atoms with E-state index in [9.17, 15) is 4.79 Å². The van der Waals surface area contributed by atoms with E-state index < -0.39 is 0 Å². The summed E-state index contributed by atoms with van der Waals surface area (Å²) < 4.78 is 5.47. The predicted octanol–water partition coefficient (Wildman–Crippen LogP) is 5.48. The zero-order valence-corrected chi connectivity index (χ0v) is 17.1. The molecule has 2 aromatic heterocycles. The van der Waals surface area contributed by atoms with Crippen LogP contribution in [0.25, 0.3) is 22.8 Å². The third kappa shape index (κ3) is 4.12. The summed E-state index contributed by atoms with van der Waals surface area (Å²) in [7, 11) is 0. The zero-order chi connectivity index (χ0) is 21.1. The van der Waals surface area contributed by atoms with Gasteiger partial charge in [-0.3, -0.25) is 9.78 Å². The molecule has 2 aromatic carbocycles. The topological polar surface area (TPSA) is 80.9 Å². The van der Waals surface area contributed by atoms with Gasteiger partial charge in [-0.05, 0) is 54.8 Å². The summed E-state index contributed by atoms with van der Waals surface area (Å²) in [4.78, 5) is 21.5. The lowest BCUT2D eigenvalue weighted by molar-refractivity contribution is 0.102. The molecule has 0 aliphatic carbocycles. The highest BCUT2D eigenvalue weighted by atomic mass is 16.5. The molecule has 1 N–H and O–H groups in total. The smallest absolute Gasteiger partial charge is 0.260 e. The molecule has 30 heavy (non-hydrogen) atoms. The van der Waals surface area contributed by atoms with E-state index in [2.05, 4.69) is 34.3 Å². The Labute approximate surface area is 175 Å². The zero-order valence-electron chi connectivity index (χ0n) is 17.1. The molecule has 1 amide bonds. The Morgan fingerprint density at radius 1 is 1.00 bits per heavy atom. The molecule has 0 spiro atoms. The maximum Gasteiger partial charge on any atom is 0.260 e. The molecule has 0 saturated carbocycles. The Hall–Kier alpha value is -3.80. The van der Waals surface area contributed by atoms with Crippen molar-refractivity contribution in [1.82, 2.24) is 15.1 Å². The number of benzene rings is 2. The lowest BCUT2D eigenvalue weighted by Crippen LogP contribution is -2.12. The van der Waals surface area contributed by atoms with Crippen LogP contribution in [0.4, 0.5) is 5.69 Å². The number of carbonyl (C=O) groups is 1. The summed E-state index contributed by atoms with van der Waals surface area (Å²) in [5, 5.41) is 7.01. The number of aromatic nitrogens is 3. The molecule has 4 aromatic rings. The summed E-state index contributed by atoms with van der Waals surface area (Å²) in [6.07, 6.45) is 1.71. The van der Waals surface area contributed by atoms with Crippen LogP contribution in [0.15, 0.2) is 71.4 Å². The molecule has 0 atom stereocenters. The van der Waals surface area contributed by atoms with Gasteiger partial charge in [-0.1, -0.05) is 43.3 Å². The van der Waals surface area contributed by atoms with E-state index in [0.29, 0.717) is 34.4 Å². The van der Waals surface area contributed by atoms with E-state index in [1.165, 1.54) is 5.56 Å². The average Bonchev–Trinajstić information content (AvgIpc) is 3.24. The summed E-state index contributed by atoms with van der Waals surface area (Å²) >= 11 is 0. The number of anilines is 1. The molecule has 6 nitrogen and oxygen atoms in total. The van der Waals surface area contributed by atoms with Crippen molar-refractivity contribution in [3.63, 3.8) is 0 Å². The number of nitrogens with zero attached hydrogens (tertiary/aromatic N) is 3. The molecule has 4 rings (SSSR count). The number of amides is 1. The monoisotopic (exact) mass is 398 g/mol. The van der Waals surface area contributed by atoms with Crippen molar-refractivity contribution in [1.29, 1.82) is 0 Å². The average molecular weight is 398 g/mol. The minimum atomic E-state index is -0.194. The molecule has 0 fully saturated rings. The fourth-order valence-electron chi connectivity index (χ4n) is 3.04. The minimum absolute atomic E-state index is 0.194. The molecule has 0 radical (unpaired) electrons. The second-order valence-electron chi connectivity index (χ2n) is 7.39. The predicted molar refractivity (Wildman–Crippen MR) is 116 cm³/mol. The van der Waals surface area contributed by atoms with Crippen LogP contribution in [-0.2, 0) is 0 Å². The number of aryl methyl sites for hydroxylation is 1. The van der Waals surface area contributed by atoms with Crippen molar-refractivity contribution in [3.05, 3.63) is 83.7 Å². The quantitative estimate of drug-likeness (QED) is 0.481. The first-order valence-corrected chi connectivity index (χ1v) is 9.78. The Balaban J connectivity index is 1.58. The molecular formula is C24H22N4O2. The van der Waals surface area contributed by atoms with Crippen LogP contribution in [0.5, 0.6) is 0 Å². The first-order chi connectivity index (χ1) is 14.5. The minimum Gasteiger partial charge on any atom is -0.334 e. The second-order valence-corrected chi connectivity index (χ2v) is 7.39. The summed E-state index contributed by atoms with van der Waals surface area (Å²) in [6, 6.07) is 18.8. The van der Waals surface area contributed by atoms with Gasteiger partial charge in [0.05, 0.1) is 11.3 Å². The Bertz CT molecular complexity index is 1160. The van der Waals surface area contributed by atoms with E-state index in [4.69, 9.17) is 4.52 Å². The lowest BCUT2D eigenvalue weighted by Gasteiger charge is -2.10. The number of pyridine rings is 1. The van der Waals surface area contributed by atoms with Crippen LogP contribution in [0.3, 0.4) is 0 Å². The van der Waals surface area contributed by atoms with Crippen LogP contribution >= 0.6 is 0 Å². The molecule has 0 aliphatic heterocycles. The second kappa shape index (κ2) is 8.29. The molecular weight excluding hydrogens is 376 g/mol. The largest absolute Gasteiger partial charge is 0.334 e. The molecule has 0 unspecified atom stereocenters. The van der Waals surface area contributed by atoms with Crippen molar-refractivity contribution in [2.75, 3.05) is 5.32 Å². The van der Waals surface area contributed by atoms with E-state index >= 15 is 0 Å². The van der Waals surface area contributed by atoms with E-state index in [0.717, 1.165) is 11.3 Å². The fourth-order valence-corrected chi connectivity index (χ4v) is 3.04. The summed E-state index contributed by atoms with van der Waals surface area (Å²) in [5.41, 5.74) is 4.72. The Morgan fingerprint density at radius 3 is 2.47 bits per heavy atom.